The highest BCUT2D eigenvalue weighted by molar-refractivity contribution is 5.84. The van der Waals surface area contributed by atoms with Crippen LogP contribution in [0.5, 0.6) is 0 Å². The van der Waals surface area contributed by atoms with Crippen molar-refractivity contribution >= 4 is 5.91 Å². The minimum absolute atomic E-state index is 0.209. The normalized spacial score (nSPS) is 38.7. The van der Waals surface area contributed by atoms with Crippen LogP contribution < -0.4 is 0 Å². The van der Waals surface area contributed by atoms with Gasteiger partial charge in [0.05, 0.1) is 13.7 Å². The second-order valence-electron chi connectivity index (χ2n) is 3.72. The number of rotatable bonds is 3. The van der Waals surface area contributed by atoms with E-state index >= 15 is 0 Å². The first-order valence-corrected chi connectivity index (χ1v) is 4.65. The molecule has 2 aliphatic rings. The van der Waals surface area contributed by atoms with E-state index in [1.54, 1.807) is 7.11 Å². The molecule has 1 aliphatic heterocycles. The Hall–Kier alpha value is -0.570. The molecule has 3 atom stereocenters. The number of hydrogen-bond acceptors (Lipinski definition) is 2. The third kappa shape index (κ3) is 0.959. The van der Waals surface area contributed by atoms with Crippen molar-refractivity contribution in [3.63, 3.8) is 0 Å². The molecule has 3 unspecified atom stereocenters. The molecule has 1 amide bonds. The van der Waals surface area contributed by atoms with Gasteiger partial charge in [-0.2, -0.15) is 0 Å². The average Bonchev–Trinajstić information content (AvgIpc) is 2.62. The van der Waals surface area contributed by atoms with Crippen molar-refractivity contribution in [3.8, 4) is 0 Å². The van der Waals surface area contributed by atoms with Gasteiger partial charge in [-0.15, -0.1) is 0 Å². The van der Waals surface area contributed by atoms with Gasteiger partial charge in [-0.3, -0.25) is 9.63 Å². The molecule has 2 fully saturated rings. The molecule has 0 spiro atoms. The van der Waals surface area contributed by atoms with Gasteiger partial charge in [0.25, 0.3) is 0 Å². The summed E-state index contributed by atoms with van der Waals surface area (Å²) in [7, 11) is 1.57. The Morgan fingerprint density at radius 3 is 2.83 bits per heavy atom. The molecule has 3 heteroatoms. The van der Waals surface area contributed by atoms with Gasteiger partial charge >= 0.3 is 0 Å². The number of amides is 1. The molecule has 0 bridgehead atoms. The molecule has 0 radical (unpaired) electrons. The van der Waals surface area contributed by atoms with Crippen LogP contribution in [0, 0.1) is 17.8 Å². The van der Waals surface area contributed by atoms with E-state index in [4.69, 9.17) is 4.84 Å². The molecule has 1 saturated heterocycles. The van der Waals surface area contributed by atoms with Gasteiger partial charge in [0.2, 0.25) is 5.91 Å². The Morgan fingerprint density at radius 1 is 1.67 bits per heavy atom. The standard InChI is InChI=1S/C9H15NO2/c1-3-4-6-7-5-10(12-2)9(11)8(6)7/h6-8H,3-5H2,1-2H3. The van der Waals surface area contributed by atoms with Crippen molar-refractivity contribution in [2.75, 3.05) is 13.7 Å². The molecule has 3 nitrogen and oxygen atoms in total. The molecular weight excluding hydrogens is 154 g/mol. The summed E-state index contributed by atoms with van der Waals surface area (Å²) in [4.78, 5) is 16.4. The van der Waals surface area contributed by atoms with E-state index in [1.807, 2.05) is 0 Å². The summed E-state index contributed by atoms with van der Waals surface area (Å²) in [6.07, 6.45) is 2.40. The van der Waals surface area contributed by atoms with Gasteiger partial charge in [-0.05, 0) is 18.3 Å². The van der Waals surface area contributed by atoms with Gasteiger partial charge < -0.3 is 0 Å². The van der Waals surface area contributed by atoms with Gasteiger partial charge in [0.15, 0.2) is 0 Å². The lowest BCUT2D eigenvalue weighted by molar-refractivity contribution is -0.172. The van der Waals surface area contributed by atoms with Gasteiger partial charge in [0, 0.05) is 5.92 Å². The van der Waals surface area contributed by atoms with Crippen LogP contribution in [-0.2, 0) is 9.63 Å². The van der Waals surface area contributed by atoms with Crippen molar-refractivity contribution in [3.05, 3.63) is 0 Å². The van der Waals surface area contributed by atoms with Crippen LogP contribution in [0.25, 0.3) is 0 Å². The van der Waals surface area contributed by atoms with Crippen molar-refractivity contribution in [2.24, 2.45) is 17.8 Å². The molecular formula is C9H15NO2. The van der Waals surface area contributed by atoms with Gasteiger partial charge in [0.1, 0.15) is 0 Å². The zero-order chi connectivity index (χ0) is 8.72. The SMILES string of the molecule is CCCC1C2CN(OC)C(=O)C12. The molecule has 0 aromatic carbocycles. The Bertz CT molecular complexity index is 205. The number of nitrogens with zero attached hydrogens (tertiary/aromatic N) is 1. The van der Waals surface area contributed by atoms with E-state index in [0.29, 0.717) is 17.8 Å². The highest BCUT2D eigenvalue weighted by Crippen LogP contribution is 2.54. The van der Waals surface area contributed by atoms with Crippen LogP contribution >= 0.6 is 0 Å². The highest BCUT2D eigenvalue weighted by atomic mass is 16.7. The van der Waals surface area contributed by atoms with Gasteiger partial charge in [-0.25, -0.2) is 5.06 Å². The number of piperidine rings is 1. The average molecular weight is 169 g/mol. The molecule has 0 N–H and O–H groups in total. The fraction of sp³-hybridized carbons (Fsp3) is 0.889. The third-order valence-electron chi connectivity index (χ3n) is 3.08. The fourth-order valence-corrected chi connectivity index (χ4v) is 2.40. The number of carbonyl (C=O) groups is 1. The van der Waals surface area contributed by atoms with Crippen LogP contribution in [-0.4, -0.2) is 24.6 Å². The molecule has 1 aliphatic carbocycles. The van der Waals surface area contributed by atoms with Crippen LogP contribution in [0.2, 0.25) is 0 Å². The van der Waals surface area contributed by atoms with E-state index in [1.165, 1.54) is 17.9 Å². The Balaban J connectivity index is 1.92. The van der Waals surface area contributed by atoms with Crippen LogP contribution in [0.4, 0.5) is 0 Å². The largest absolute Gasteiger partial charge is 0.274 e. The van der Waals surface area contributed by atoms with Crippen molar-refractivity contribution in [2.45, 2.75) is 19.8 Å². The smallest absolute Gasteiger partial charge is 0.249 e. The summed E-state index contributed by atoms with van der Waals surface area (Å²) in [6.45, 7) is 3.00. The Kier molecular flexibility index (Phi) is 1.83. The molecule has 1 saturated carbocycles. The number of hydroxylamine groups is 2. The molecule has 0 aromatic heterocycles. The second-order valence-corrected chi connectivity index (χ2v) is 3.72. The summed E-state index contributed by atoms with van der Waals surface area (Å²) in [5.74, 6) is 1.80. The van der Waals surface area contributed by atoms with Crippen molar-refractivity contribution in [1.29, 1.82) is 0 Å². The summed E-state index contributed by atoms with van der Waals surface area (Å²) in [6, 6.07) is 0. The third-order valence-corrected chi connectivity index (χ3v) is 3.08. The first-order chi connectivity index (χ1) is 5.79. The zero-order valence-electron chi connectivity index (χ0n) is 7.62. The lowest BCUT2D eigenvalue weighted by Crippen LogP contribution is -2.28. The Labute approximate surface area is 72.6 Å². The first-order valence-electron chi connectivity index (χ1n) is 4.65. The minimum atomic E-state index is 0.209. The monoisotopic (exact) mass is 169 g/mol. The van der Waals surface area contributed by atoms with E-state index in [-0.39, 0.29) is 5.91 Å². The molecule has 12 heavy (non-hydrogen) atoms. The van der Waals surface area contributed by atoms with E-state index in [9.17, 15) is 4.79 Å². The topological polar surface area (TPSA) is 29.5 Å². The maximum absolute atomic E-state index is 11.5. The summed E-state index contributed by atoms with van der Waals surface area (Å²) in [5, 5.41) is 1.50. The predicted octanol–water partition coefficient (Wildman–Crippen LogP) is 1.05. The van der Waals surface area contributed by atoms with E-state index in [0.717, 1.165) is 6.54 Å². The first kappa shape index (κ1) is 8.05. The summed E-state index contributed by atoms with van der Waals surface area (Å²) in [5.41, 5.74) is 0. The zero-order valence-corrected chi connectivity index (χ0v) is 7.62. The lowest BCUT2D eigenvalue weighted by Gasteiger charge is -2.15. The molecule has 1 heterocycles. The van der Waals surface area contributed by atoms with E-state index in [2.05, 4.69) is 6.92 Å². The summed E-state index contributed by atoms with van der Waals surface area (Å²) < 4.78 is 0. The number of carbonyl (C=O) groups excluding carboxylic acids is 1. The number of hydrogen-bond donors (Lipinski definition) is 0. The van der Waals surface area contributed by atoms with E-state index < -0.39 is 0 Å². The number of fused-ring (bicyclic) bond motifs is 1. The molecule has 0 aromatic rings. The second kappa shape index (κ2) is 2.73. The molecule has 68 valence electrons. The predicted molar refractivity (Wildman–Crippen MR) is 44.1 cm³/mol. The lowest BCUT2D eigenvalue weighted by atomic mass is 10.1. The van der Waals surface area contributed by atoms with Crippen molar-refractivity contribution < 1.29 is 9.63 Å². The summed E-state index contributed by atoms with van der Waals surface area (Å²) >= 11 is 0. The Morgan fingerprint density at radius 2 is 2.42 bits per heavy atom. The van der Waals surface area contributed by atoms with Crippen LogP contribution in [0.1, 0.15) is 19.8 Å². The highest BCUT2D eigenvalue weighted by Gasteiger charge is 2.61. The maximum Gasteiger partial charge on any atom is 0.249 e. The van der Waals surface area contributed by atoms with Crippen molar-refractivity contribution in [1.82, 2.24) is 5.06 Å². The quantitative estimate of drug-likeness (QED) is 0.632. The molecule has 2 rings (SSSR count). The maximum atomic E-state index is 11.5. The fourth-order valence-electron chi connectivity index (χ4n) is 2.40. The van der Waals surface area contributed by atoms with Gasteiger partial charge in [-0.1, -0.05) is 13.3 Å². The van der Waals surface area contributed by atoms with Crippen LogP contribution in [0.3, 0.4) is 0 Å². The van der Waals surface area contributed by atoms with Crippen LogP contribution in [0.15, 0.2) is 0 Å². The minimum Gasteiger partial charge on any atom is -0.274 e.